The highest BCUT2D eigenvalue weighted by atomic mass is 35.5. The monoisotopic (exact) mass is 364 g/mol. The summed E-state index contributed by atoms with van der Waals surface area (Å²) in [7, 11) is 0. The van der Waals surface area contributed by atoms with Crippen molar-refractivity contribution in [3.8, 4) is 0 Å². The van der Waals surface area contributed by atoms with Crippen LogP contribution in [-0.4, -0.2) is 32.5 Å². The Hall–Kier alpha value is -2.08. The molecule has 2 heterocycles. The minimum Gasteiger partial charge on any atom is -0.331 e. The number of hydrogen-bond acceptors (Lipinski definition) is 4. The number of amides is 1. The van der Waals surface area contributed by atoms with Crippen LogP contribution in [0.25, 0.3) is 0 Å². The largest absolute Gasteiger partial charge is 0.331 e. The Balaban J connectivity index is 2.31. The Morgan fingerprint density at radius 2 is 2.08 bits per heavy atom. The first-order valence-electron chi connectivity index (χ1n) is 8.33. The fourth-order valence-electron chi connectivity index (χ4n) is 2.58. The molecule has 0 unspecified atom stereocenters. The molecule has 0 atom stereocenters. The van der Waals surface area contributed by atoms with Crippen LogP contribution >= 0.6 is 11.6 Å². The molecule has 0 saturated heterocycles. The first-order chi connectivity index (χ1) is 11.9. The van der Waals surface area contributed by atoms with E-state index in [1.54, 1.807) is 11.0 Å². The summed E-state index contributed by atoms with van der Waals surface area (Å²) in [4.78, 5) is 18.1. The van der Waals surface area contributed by atoms with Crippen LogP contribution in [0.3, 0.4) is 0 Å². The fraction of sp³-hybridized carbons (Fsp3) is 0.444. The van der Waals surface area contributed by atoms with Gasteiger partial charge in [0.25, 0.3) is 5.91 Å². The molecule has 0 aromatic carbocycles. The van der Waals surface area contributed by atoms with Crippen LogP contribution in [0.1, 0.15) is 48.9 Å². The van der Waals surface area contributed by atoms with Crippen molar-refractivity contribution in [2.24, 2.45) is 5.92 Å². The summed E-state index contributed by atoms with van der Waals surface area (Å²) in [6.07, 6.45) is 1.73. The summed E-state index contributed by atoms with van der Waals surface area (Å²) in [5.41, 5.74) is 1.76. The van der Waals surface area contributed by atoms with Crippen molar-refractivity contribution in [1.29, 1.82) is 0 Å². The van der Waals surface area contributed by atoms with Crippen LogP contribution < -0.4 is 0 Å². The Morgan fingerprint density at radius 1 is 1.32 bits per heavy atom. The van der Waals surface area contributed by atoms with Gasteiger partial charge in [0.05, 0.1) is 12.2 Å². The maximum absolute atomic E-state index is 13.4. The molecule has 0 spiro atoms. The number of rotatable bonds is 7. The molecule has 0 saturated carbocycles. The molecular weight excluding hydrogens is 343 g/mol. The summed E-state index contributed by atoms with van der Waals surface area (Å²) in [6.45, 7) is 6.88. The Bertz CT molecular complexity index is 739. The molecule has 0 bridgehead atoms. The van der Waals surface area contributed by atoms with Crippen LogP contribution in [0.5, 0.6) is 0 Å². The normalized spacial score (nSPS) is 11.0. The van der Waals surface area contributed by atoms with Crippen molar-refractivity contribution in [2.45, 2.75) is 40.2 Å². The molecule has 0 fully saturated rings. The molecule has 1 amide bonds. The lowest BCUT2D eigenvalue weighted by Gasteiger charge is -2.24. The molecule has 2 rings (SSSR count). The molecule has 0 aliphatic carbocycles. The van der Waals surface area contributed by atoms with Crippen LogP contribution in [0.4, 0.5) is 4.39 Å². The van der Waals surface area contributed by atoms with Gasteiger partial charge < -0.3 is 4.90 Å². The molecule has 134 valence electrons. The maximum atomic E-state index is 13.4. The molecule has 5 nitrogen and oxygen atoms in total. The second kappa shape index (κ2) is 8.85. The van der Waals surface area contributed by atoms with E-state index in [1.165, 1.54) is 18.2 Å². The number of pyridine rings is 1. The van der Waals surface area contributed by atoms with Gasteiger partial charge in [0, 0.05) is 6.54 Å². The van der Waals surface area contributed by atoms with E-state index in [1.807, 2.05) is 13.8 Å². The summed E-state index contributed by atoms with van der Waals surface area (Å²) >= 11 is 5.94. The lowest BCUT2D eigenvalue weighted by atomic mass is 10.1. The van der Waals surface area contributed by atoms with Crippen LogP contribution in [0.15, 0.2) is 24.3 Å². The molecule has 7 heteroatoms. The minimum absolute atomic E-state index is 0.0830. The lowest BCUT2D eigenvalue weighted by molar-refractivity contribution is 0.0712. The highest BCUT2D eigenvalue weighted by Gasteiger charge is 2.21. The van der Waals surface area contributed by atoms with Crippen molar-refractivity contribution in [3.63, 3.8) is 0 Å². The summed E-state index contributed by atoms with van der Waals surface area (Å²) < 4.78 is 13.4. The van der Waals surface area contributed by atoms with Crippen molar-refractivity contribution < 1.29 is 9.18 Å². The Morgan fingerprint density at radius 3 is 2.72 bits per heavy atom. The van der Waals surface area contributed by atoms with Gasteiger partial charge in [-0.3, -0.25) is 4.79 Å². The standard InChI is InChI=1S/C18H22ClFN4O/c1-4-6-13-9-16(19)23-22-15(13)11-24(10-12(2)3)18(25)14-7-5-8-17(20)21-14/h5,7-9,12H,4,6,10-11H2,1-3H3. The molecule has 0 aliphatic rings. The minimum atomic E-state index is -0.673. The lowest BCUT2D eigenvalue weighted by Crippen LogP contribution is -2.35. The van der Waals surface area contributed by atoms with E-state index in [4.69, 9.17) is 11.6 Å². The molecule has 0 aliphatic heterocycles. The zero-order valence-electron chi connectivity index (χ0n) is 14.7. The van der Waals surface area contributed by atoms with E-state index < -0.39 is 5.95 Å². The van der Waals surface area contributed by atoms with Gasteiger partial charge in [-0.2, -0.15) is 9.49 Å². The predicted octanol–water partition coefficient (Wildman–Crippen LogP) is 3.92. The highest BCUT2D eigenvalue weighted by molar-refractivity contribution is 6.29. The SMILES string of the molecule is CCCc1cc(Cl)nnc1CN(CC(C)C)C(=O)c1cccc(F)n1. The second-order valence-corrected chi connectivity index (χ2v) is 6.70. The zero-order chi connectivity index (χ0) is 18.4. The summed E-state index contributed by atoms with van der Waals surface area (Å²) in [5, 5.41) is 8.40. The van der Waals surface area contributed by atoms with Gasteiger partial charge in [0.2, 0.25) is 5.95 Å². The van der Waals surface area contributed by atoms with Crippen molar-refractivity contribution in [3.05, 3.63) is 52.3 Å². The van der Waals surface area contributed by atoms with E-state index in [-0.39, 0.29) is 24.1 Å². The van der Waals surface area contributed by atoms with Gasteiger partial charge in [-0.05, 0) is 36.1 Å². The number of halogens is 2. The quantitative estimate of drug-likeness (QED) is 0.699. The maximum Gasteiger partial charge on any atom is 0.272 e. The van der Waals surface area contributed by atoms with Gasteiger partial charge >= 0.3 is 0 Å². The van der Waals surface area contributed by atoms with E-state index in [0.717, 1.165) is 18.4 Å². The summed E-state index contributed by atoms with van der Waals surface area (Å²) in [5.74, 6) is -0.756. The van der Waals surface area contributed by atoms with Crippen LogP contribution in [0.2, 0.25) is 5.15 Å². The van der Waals surface area contributed by atoms with Gasteiger partial charge in [-0.25, -0.2) is 4.98 Å². The van der Waals surface area contributed by atoms with Gasteiger partial charge in [-0.1, -0.05) is 44.9 Å². The third-order valence-electron chi connectivity index (χ3n) is 3.60. The third-order valence-corrected chi connectivity index (χ3v) is 3.78. The van der Waals surface area contributed by atoms with E-state index in [2.05, 4.69) is 22.1 Å². The first-order valence-corrected chi connectivity index (χ1v) is 8.71. The molecular formula is C18H22ClFN4O. The number of hydrogen-bond donors (Lipinski definition) is 0. The topological polar surface area (TPSA) is 59.0 Å². The number of nitrogens with zero attached hydrogens (tertiary/aromatic N) is 4. The smallest absolute Gasteiger partial charge is 0.272 e. The molecule has 2 aromatic rings. The fourth-order valence-corrected chi connectivity index (χ4v) is 2.75. The summed E-state index contributed by atoms with van der Waals surface area (Å²) in [6, 6.07) is 5.99. The van der Waals surface area contributed by atoms with Gasteiger partial charge in [0.15, 0.2) is 5.15 Å². The Labute approximate surface area is 152 Å². The number of carbonyl (C=O) groups is 1. The van der Waals surface area contributed by atoms with Gasteiger partial charge in [0.1, 0.15) is 5.69 Å². The van der Waals surface area contributed by atoms with E-state index in [0.29, 0.717) is 17.4 Å². The molecule has 2 aromatic heterocycles. The van der Waals surface area contributed by atoms with E-state index >= 15 is 0 Å². The number of aryl methyl sites for hydroxylation is 1. The van der Waals surface area contributed by atoms with Gasteiger partial charge in [-0.15, -0.1) is 5.10 Å². The van der Waals surface area contributed by atoms with E-state index in [9.17, 15) is 9.18 Å². The van der Waals surface area contributed by atoms with Crippen molar-refractivity contribution in [1.82, 2.24) is 20.1 Å². The van der Waals surface area contributed by atoms with Crippen molar-refractivity contribution >= 4 is 17.5 Å². The Kier molecular flexibility index (Phi) is 6.82. The average Bonchev–Trinajstić information content (AvgIpc) is 2.55. The second-order valence-electron chi connectivity index (χ2n) is 6.31. The van der Waals surface area contributed by atoms with Crippen LogP contribution in [0, 0.1) is 11.9 Å². The first kappa shape index (κ1) is 19.2. The number of carbonyl (C=O) groups excluding carboxylic acids is 1. The number of aromatic nitrogens is 3. The zero-order valence-corrected chi connectivity index (χ0v) is 15.4. The highest BCUT2D eigenvalue weighted by Crippen LogP contribution is 2.17. The average molecular weight is 365 g/mol. The molecule has 25 heavy (non-hydrogen) atoms. The van der Waals surface area contributed by atoms with Crippen molar-refractivity contribution in [2.75, 3.05) is 6.54 Å². The predicted molar refractivity (Wildman–Crippen MR) is 94.8 cm³/mol. The molecule has 0 N–H and O–H groups in total. The van der Waals surface area contributed by atoms with Crippen LogP contribution in [-0.2, 0) is 13.0 Å². The molecule has 0 radical (unpaired) electrons. The third kappa shape index (κ3) is 5.46.